The van der Waals surface area contributed by atoms with Crippen LogP contribution in [-0.4, -0.2) is 47.8 Å². The molecule has 2 aliphatic rings. The second kappa shape index (κ2) is 7.97. The lowest BCUT2D eigenvalue weighted by molar-refractivity contribution is 0.171. The van der Waals surface area contributed by atoms with Gasteiger partial charge in [-0.25, -0.2) is 13.4 Å². The Morgan fingerprint density at radius 3 is 2.74 bits per heavy atom. The molecule has 1 fully saturated rings. The van der Waals surface area contributed by atoms with Gasteiger partial charge in [0.05, 0.1) is 23.0 Å². The second-order valence-electron chi connectivity index (χ2n) is 7.72. The van der Waals surface area contributed by atoms with E-state index in [1.807, 2.05) is 30.3 Å². The fourth-order valence-electron chi connectivity index (χ4n) is 4.34. The molecule has 1 aromatic heterocycles. The van der Waals surface area contributed by atoms with Crippen LogP contribution in [0.15, 0.2) is 53.5 Å². The molecule has 2 aliphatic heterocycles. The number of fused-ring (bicyclic) bond motifs is 2. The maximum Gasteiger partial charge on any atom is 0.269 e. The molecular weight excluding hydrogens is 418 g/mol. The molecule has 1 atom stereocenters. The summed E-state index contributed by atoms with van der Waals surface area (Å²) >= 11 is 0. The van der Waals surface area contributed by atoms with Gasteiger partial charge in [0.15, 0.2) is 11.5 Å². The SMILES string of the molecule is O=c1cnc2ccccc2n1CCS(=O)(=O)N1CCC[C@H]1c1ccc2c(c1)OCCO2. The van der Waals surface area contributed by atoms with Crippen molar-refractivity contribution in [1.29, 1.82) is 0 Å². The van der Waals surface area contributed by atoms with E-state index in [0.717, 1.165) is 18.4 Å². The minimum atomic E-state index is -3.58. The van der Waals surface area contributed by atoms with Crippen LogP contribution in [0.5, 0.6) is 11.5 Å². The number of rotatable bonds is 5. The van der Waals surface area contributed by atoms with E-state index in [0.29, 0.717) is 42.3 Å². The molecule has 162 valence electrons. The maximum absolute atomic E-state index is 13.3. The fourth-order valence-corrected chi connectivity index (χ4v) is 6.01. The Hall–Kier alpha value is -2.91. The normalized spacial score (nSPS) is 19.0. The molecule has 0 N–H and O–H groups in total. The average Bonchev–Trinajstić information content (AvgIpc) is 3.29. The monoisotopic (exact) mass is 441 g/mol. The van der Waals surface area contributed by atoms with Gasteiger partial charge in [-0.15, -0.1) is 0 Å². The Kier molecular flexibility index (Phi) is 5.15. The van der Waals surface area contributed by atoms with Gasteiger partial charge in [-0.2, -0.15) is 4.31 Å². The van der Waals surface area contributed by atoms with Crippen molar-refractivity contribution in [2.24, 2.45) is 0 Å². The van der Waals surface area contributed by atoms with Gasteiger partial charge in [-0.05, 0) is 42.7 Å². The van der Waals surface area contributed by atoms with Crippen molar-refractivity contribution in [3.05, 3.63) is 64.6 Å². The van der Waals surface area contributed by atoms with E-state index in [1.165, 1.54) is 10.8 Å². The van der Waals surface area contributed by atoms with Crippen LogP contribution in [0.2, 0.25) is 0 Å². The molecule has 0 spiro atoms. The van der Waals surface area contributed by atoms with Gasteiger partial charge in [0.2, 0.25) is 10.0 Å². The molecule has 0 unspecified atom stereocenters. The van der Waals surface area contributed by atoms with Gasteiger partial charge in [0.1, 0.15) is 13.2 Å². The molecule has 31 heavy (non-hydrogen) atoms. The fraction of sp³-hybridized carbons (Fsp3) is 0.364. The van der Waals surface area contributed by atoms with E-state index in [9.17, 15) is 13.2 Å². The van der Waals surface area contributed by atoms with Gasteiger partial charge < -0.3 is 14.0 Å². The highest BCUT2D eigenvalue weighted by Gasteiger charge is 2.35. The molecule has 0 bridgehead atoms. The van der Waals surface area contributed by atoms with Gasteiger partial charge >= 0.3 is 0 Å². The summed E-state index contributed by atoms with van der Waals surface area (Å²) in [5.74, 6) is 1.19. The van der Waals surface area contributed by atoms with Crippen molar-refractivity contribution < 1.29 is 17.9 Å². The summed E-state index contributed by atoms with van der Waals surface area (Å²) in [6, 6.07) is 12.6. The summed E-state index contributed by atoms with van der Waals surface area (Å²) < 4.78 is 40.8. The molecule has 5 rings (SSSR count). The molecule has 0 aliphatic carbocycles. The molecular formula is C22H23N3O5S. The molecule has 9 heteroatoms. The van der Waals surface area contributed by atoms with Crippen LogP contribution in [0.4, 0.5) is 0 Å². The lowest BCUT2D eigenvalue weighted by atomic mass is 10.0. The van der Waals surface area contributed by atoms with E-state index >= 15 is 0 Å². The van der Waals surface area contributed by atoms with Crippen molar-refractivity contribution in [1.82, 2.24) is 13.9 Å². The zero-order valence-corrected chi connectivity index (χ0v) is 17.8. The number of nitrogens with zero attached hydrogens (tertiary/aromatic N) is 3. The van der Waals surface area contributed by atoms with Crippen molar-refractivity contribution in [3.63, 3.8) is 0 Å². The van der Waals surface area contributed by atoms with Crippen LogP contribution >= 0.6 is 0 Å². The van der Waals surface area contributed by atoms with Crippen LogP contribution in [0.25, 0.3) is 11.0 Å². The number of ether oxygens (including phenoxy) is 2. The van der Waals surface area contributed by atoms with Gasteiger partial charge in [-0.1, -0.05) is 18.2 Å². The van der Waals surface area contributed by atoms with Crippen molar-refractivity contribution in [2.75, 3.05) is 25.5 Å². The smallest absolute Gasteiger partial charge is 0.269 e. The van der Waals surface area contributed by atoms with Crippen LogP contribution in [-0.2, 0) is 16.6 Å². The molecule has 1 saturated heterocycles. The summed E-state index contributed by atoms with van der Waals surface area (Å²) in [5, 5.41) is 0. The number of hydrogen-bond donors (Lipinski definition) is 0. The Morgan fingerprint density at radius 2 is 1.87 bits per heavy atom. The Bertz CT molecular complexity index is 1290. The number of para-hydroxylation sites is 2. The van der Waals surface area contributed by atoms with Crippen LogP contribution < -0.4 is 15.0 Å². The minimum absolute atomic E-state index is 0.0779. The standard InChI is InChI=1S/C22H23N3O5S/c26-22-15-23-17-4-1-2-5-19(17)24(22)10-13-31(27,28)25-9-3-6-18(25)16-7-8-20-21(14-16)30-12-11-29-20/h1-2,4-5,7-8,14-15,18H,3,6,9-13H2/t18-/m0/s1. The molecule has 2 aromatic carbocycles. The van der Waals surface area contributed by atoms with Crippen molar-refractivity contribution in [2.45, 2.75) is 25.4 Å². The average molecular weight is 442 g/mol. The Labute approximate surface area is 180 Å². The molecule has 0 saturated carbocycles. The predicted molar refractivity (Wildman–Crippen MR) is 116 cm³/mol. The first kappa shape index (κ1) is 20.0. The number of aromatic nitrogens is 2. The van der Waals surface area contributed by atoms with Crippen LogP contribution in [0.1, 0.15) is 24.4 Å². The summed E-state index contributed by atoms with van der Waals surface area (Å²) in [7, 11) is -3.58. The Morgan fingerprint density at radius 1 is 1.06 bits per heavy atom. The van der Waals surface area contributed by atoms with Gasteiger partial charge in [0, 0.05) is 19.1 Å². The molecule has 3 aromatic rings. The lowest BCUT2D eigenvalue weighted by Gasteiger charge is -2.26. The van der Waals surface area contributed by atoms with E-state index < -0.39 is 10.0 Å². The summed E-state index contributed by atoms with van der Waals surface area (Å²) in [4.78, 5) is 16.5. The third kappa shape index (κ3) is 3.79. The number of sulfonamides is 1. The highest BCUT2D eigenvalue weighted by atomic mass is 32.2. The first-order valence-corrected chi connectivity index (χ1v) is 12.0. The number of aryl methyl sites for hydroxylation is 1. The van der Waals surface area contributed by atoms with E-state index in [-0.39, 0.29) is 23.9 Å². The molecule has 0 radical (unpaired) electrons. The van der Waals surface area contributed by atoms with Gasteiger partial charge in [0.25, 0.3) is 5.56 Å². The van der Waals surface area contributed by atoms with Crippen molar-refractivity contribution in [3.8, 4) is 11.5 Å². The maximum atomic E-state index is 13.3. The highest BCUT2D eigenvalue weighted by molar-refractivity contribution is 7.89. The van der Waals surface area contributed by atoms with E-state index in [2.05, 4.69) is 4.98 Å². The summed E-state index contributed by atoms with van der Waals surface area (Å²) in [5.41, 5.74) is 1.89. The highest BCUT2D eigenvalue weighted by Crippen LogP contribution is 2.39. The third-order valence-electron chi connectivity index (χ3n) is 5.84. The zero-order chi connectivity index (χ0) is 21.4. The number of benzene rings is 2. The van der Waals surface area contributed by atoms with Crippen LogP contribution in [0.3, 0.4) is 0 Å². The van der Waals surface area contributed by atoms with Gasteiger partial charge in [-0.3, -0.25) is 4.79 Å². The predicted octanol–water partition coefficient (Wildman–Crippen LogP) is 2.33. The molecule has 3 heterocycles. The first-order valence-electron chi connectivity index (χ1n) is 10.4. The van der Waals surface area contributed by atoms with Crippen LogP contribution in [0, 0.1) is 0 Å². The topological polar surface area (TPSA) is 90.7 Å². The Balaban J connectivity index is 1.39. The summed E-state index contributed by atoms with van der Waals surface area (Å²) in [6.45, 7) is 1.54. The lowest BCUT2D eigenvalue weighted by Crippen LogP contribution is -2.35. The zero-order valence-electron chi connectivity index (χ0n) is 16.9. The second-order valence-corrected chi connectivity index (χ2v) is 9.77. The molecule has 8 nitrogen and oxygen atoms in total. The van der Waals surface area contributed by atoms with E-state index in [1.54, 1.807) is 16.4 Å². The summed E-state index contributed by atoms with van der Waals surface area (Å²) in [6.07, 6.45) is 2.77. The third-order valence-corrected chi connectivity index (χ3v) is 7.69. The quantitative estimate of drug-likeness (QED) is 0.604. The molecule has 0 amide bonds. The largest absolute Gasteiger partial charge is 0.486 e. The van der Waals surface area contributed by atoms with E-state index in [4.69, 9.17) is 9.47 Å². The minimum Gasteiger partial charge on any atom is -0.486 e. The number of hydrogen-bond acceptors (Lipinski definition) is 6. The van der Waals surface area contributed by atoms with Crippen molar-refractivity contribution >= 4 is 21.1 Å². The first-order chi connectivity index (χ1) is 15.0.